The van der Waals surface area contributed by atoms with Crippen molar-refractivity contribution in [2.24, 2.45) is 0 Å². The molecule has 0 saturated heterocycles. The summed E-state index contributed by atoms with van der Waals surface area (Å²) in [6.07, 6.45) is 1.95. The Morgan fingerprint density at radius 2 is 1.53 bits per heavy atom. The quantitative estimate of drug-likeness (QED) is 0.684. The van der Waals surface area contributed by atoms with Gasteiger partial charge in [0.05, 0.1) is 17.1 Å². The number of anilines is 2. The Morgan fingerprint density at radius 1 is 0.789 bits per heavy atom. The second-order valence-corrected chi connectivity index (χ2v) is 5.09. The first-order valence-electron chi connectivity index (χ1n) is 6.09. The Kier molecular flexibility index (Phi) is 3.38. The first-order valence-corrected chi connectivity index (χ1v) is 6.88. The van der Waals surface area contributed by atoms with E-state index in [9.17, 15) is 0 Å². The van der Waals surface area contributed by atoms with Crippen LogP contribution in [-0.4, -0.2) is 4.98 Å². The highest BCUT2D eigenvalue weighted by Crippen LogP contribution is 2.31. The molecule has 1 aromatic heterocycles. The largest absolute Gasteiger partial charge is 0.359 e. The van der Waals surface area contributed by atoms with E-state index in [1.807, 2.05) is 54.7 Å². The predicted octanol–water partition coefficient (Wildman–Crippen LogP) is 5.19. The van der Waals surface area contributed by atoms with Crippen LogP contribution in [0, 0.1) is 0 Å². The van der Waals surface area contributed by atoms with Crippen LogP contribution in [0.2, 0.25) is 0 Å². The lowest BCUT2D eigenvalue weighted by Crippen LogP contribution is -1.92. The fourth-order valence-electron chi connectivity index (χ4n) is 2.02. The summed E-state index contributed by atoms with van der Waals surface area (Å²) in [5.74, 6) is 0. The normalized spacial score (nSPS) is 10.4. The Morgan fingerprint density at radius 3 is 2.32 bits per heavy atom. The van der Waals surface area contributed by atoms with Crippen molar-refractivity contribution in [1.29, 1.82) is 0 Å². The molecule has 1 heterocycles. The van der Waals surface area contributed by atoms with Gasteiger partial charge in [-0.25, -0.2) is 0 Å². The molecule has 94 valence electrons. The van der Waals surface area contributed by atoms with Crippen LogP contribution >= 0.6 is 15.9 Å². The molecule has 3 heteroatoms. The van der Waals surface area contributed by atoms with E-state index in [4.69, 9.17) is 0 Å². The molecule has 3 rings (SSSR count). The average molecular weight is 313 g/mol. The Hall–Kier alpha value is -2.00. The number of halogens is 1. The maximum atomic E-state index is 3.55. The fraction of sp³-hybridized carbons (Fsp3) is 0. The monoisotopic (exact) mass is 312 g/mol. The smallest absolute Gasteiger partial charge is 0.0693 e. The van der Waals surface area contributed by atoms with Crippen molar-refractivity contribution in [2.75, 3.05) is 5.32 Å². The number of hydrogen-bond donors (Lipinski definition) is 2. The van der Waals surface area contributed by atoms with Crippen molar-refractivity contribution in [3.63, 3.8) is 0 Å². The predicted molar refractivity (Wildman–Crippen MR) is 83.7 cm³/mol. The lowest BCUT2D eigenvalue weighted by atomic mass is 10.1. The van der Waals surface area contributed by atoms with E-state index >= 15 is 0 Å². The molecule has 0 atom stereocenters. The summed E-state index contributed by atoms with van der Waals surface area (Å²) in [5, 5.41) is 3.44. The van der Waals surface area contributed by atoms with Gasteiger partial charge in [0.25, 0.3) is 0 Å². The van der Waals surface area contributed by atoms with Crippen LogP contribution in [0.3, 0.4) is 0 Å². The van der Waals surface area contributed by atoms with Crippen LogP contribution in [0.1, 0.15) is 0 Å². The van der Waals surface area contributed by atoms with Gasteiger partial charge in [-0.15, -0.1) is 0 Å². The number of hydrogen-bond acceptors (Lipinski definition) is 1. The molecule has 2 N–H and O–H groups in total. The molecular weight excluding hydrogens is 300 g/mol. The van der Waals surface area contributed by atoms with Crippen LogP contribution in [0.5, 0.6) is 0 Å². The van der Waals surface area contributed by atoms with Crippen LogP contribution in [0.15, 0.2) is 71.3 Å². The van der Waals surface area contributed by atoms with Gasteiger partial charge < -0.3 is 10.3 Å². The molecule has 2 aromatic carbocycles. The number of H-pyrrole nitrogens is 1. The molecular formula is C16H13BrN2. The zero-order valence-electron chi connectivity index (χ0n) is 10.2. The third-order valence-corrected chi connectivity index (χ3v) is 3.64. The number of aromatic amines is 1. The zero-order valence-corrected chi connectivity index (χ0v) is 11.8. The van der Waals surface area contributed by atoms with Gasteiger partial charge in [0.15, 0.2) is 0 Å². The van der Waals surface area contributed by atoms with Gasteiger partial charge in [-0.1, -0.05) is 42.5 Å². The van der Waals surface area contributed by atoms with E-state index in [0.717, 1.165) is 21.5 Å². The Balaban J connectivity index is 1.96. The van der Waals surface area contributed by atoms with E-state index in [-0.39, 0.29) is 0 Å². The van der Waals surface area contributed by atoms with Crippen molar-refractivity contribution in [3.8, 4) is 11.3 Å². The summed E-state index contributed by atoms with van der Waals surface area (Å²) >= 11 is 3.55. The van der Waals surface area contributed by atoms with E-state index in [0.29, 0.717) is 0 Å². The lowest BCUT2D eigenvalue weighted by Gasteiger charge is -2.09. The Bertz CT molecular complexity index is 674. The molecule has 0 aliphatic rings. The van der Waals surface area contributed by atoms with Gasteiger partial charge in [0, 0.05) is 16.2 Å². The topological polar surface area (TPSA) is 27.8 Å². The molecule has 0 saturated carbocycles. The molecule has 0 spiro atoms. The first kappa shape index (κ1) is 12.1. The van der Waals surface area contributed by atoms with Crippen LogP contribution in [-0.2, 0) is 0 Å². The van der Waals surface area contributed by atoms with Gasteiger partial charge in [-0.2, -0.15) is 0 Å². The van der Waals surface area contributed by atoms with Crippen molar-refractivity contribution < 1.29 is 0 Å². The van der Waals surface area contributed by atoms with Crippen molar-refractivity contribution in [3.05, 3.63) is 71.3 Å². The highest BCUT2D eigenvalue weighted by Gasteiger charge is 2.07. The van der Waals surface area contributed by atoms with Crippen molar-refractivity contribution in [1.82, 2.24) is 4.98 Å². The van der Waals surface area contributed by atoms with Crippen LogP contribution in [0.25, 0.3) is 11.3 Å². The van der Waals surface area contributed by atoms with E-state index < -0.39 is 0 Å². The van der Waals surface area contributed by atoms with Gasteiger partial charge in [-0.05, 0) is 34.1 Å². The molecule has 0 aliphatic heterocycles. The number of aromatic nitrogens is 1. The molecule has 19 heavy (non-hydrogen) atoms. The van der Waals surface area contributed by atoms with Gasteiger partial charge in [-0.3, -0.25) is 0 Å². The molecule has 0 aliphatic carbocycles. The standard InChI is InChI=1S/C16H13BrN2/c17-13-8-4-5-9-14(13)19-15-10-11-18-16(15)12-6-2-1-3-7-12/h1-11,18-19H. The van der Waals surface area contributed by atoms with Crippen molar-refractivity contribution in [2.45, 2.75) is 0 Å². The summed E-state index contributed by atoms with van der Waals surface area (Å²) in [6.45, 7) is 0. The molecule has 0 bridgehead atoms. The van der Waals surface area contributed by atoms with Crippen LogP contribution < -0.4 is 5.32 Å². The summed E-state index contributed by atoms with van der Waals surface area (Å²) in [5.41, 5.74) is 4.38. The Labute approximate surface area is 120 Å². The minimum atomic E-state index is 1.05. The average Bonchev–Trinajstić information content (AvgIpc) is 2.91. The summed E-state index contributed by atoms with van der Waals surface area (Å²) in [6, 6.07) is 20.4. The summed E-state index contributed by atoms with van der Waals surface area (Å²) < 4.78 is 1.05. The summed E-state index contributed by atoms with van der Waals surface area (Å²) in [4.78, 5) is 3.28. The first-order chi connectivity index (χ1) is 9.34. The number of para-hydroxylation sites is 1. The van der Waals surface area contributed by atoms with Gasteiger partial charge in [0.2, 0.25) is 0 Å². The molecule has 0 radical (unpaired) electrons. The number of benzene rings is 2. The minimum absolute atomic E-state index is 1.05. The zero-order chi connectivity index (χ0) is 13.1. The van der Waals surface area contributed by atoms with E-state index in [1.165, 1.54) is 5.56 Å². The number of rotatable bonds is 3. The van der Waals surface area contributed by atoms with Gasteiger partial charge in [0.1, 0.15) is 0 Å². The maximum Gasteiger partial charge on any atom is 0.0693 e. The minimum Gasteiger partial charge on any atom is -0.359 e. The van der Waals surface area contributed by atoms with Crippen LogP contribution in [0.4, 0.5) is 11.4 Å². The number of nitrogens with one attached hydrogen (secondary N) is 2. The molecule has 2 nitrogen and oxygen atoms in total. The van der Waals surface area contributed by atoms with E-state index in [1.54, 1.807) is 0 Å². The second kappa shape index (κ2) is 5.33. The lowest BCUT2D eigenvalue weighted by molar-refractivity contribution is 1.40. The SMILES string of the molecule is Brc1ccccc1Nc1cc[nH]c1-c1ccccc1. The third-order valence-electron chi connectivity index (χ3n) is 2.95. The molecule has 0 unspecified atom stereocenters. The second-order valence-electron chi connectivity index (χ2n) is 4.24. The highest BCUT2D eigenvalue weighted by atomic mass is 79.9. The summed E-state index contributed by atoms with van der Waals surface area (Å²) in [7, 11) is 0. The van der Waals surface area contributed by atoms with E-state index in [2.05, 4.69) is 38.4 Å². The third kappa shape index (κ3) is 2.56. The van der Waals surface area contributed by atoms with Crippen molar-refractivity contribution >= 4 is 27.3 Å². The fourth-order valence-corrected chi connectivity index (χ4v) is 2.41. The highest BCUT2D eigenvalue weighted by molar-refractivity contribution is 9.10. The van der Waals surface area contributed by atoms with Gasteiger partial charge >= 0.3 is 0 Å². The maximum absolute atomic E-state index is 3.55. The molecule has 3 aromatic rings. The molecule has 0 fully saturated rings. The molecule has 0 amide bonds.